The lowest BCUT2D eigenvalue weighted by atomic mass is 9.96. The van der Waals surface area contributed by atoms with Crippen LogP contribution in [0, 0.1) is 10.1 Å². The Balaban J connectivity index is 2.63. The lowest BCUT2D eigenvalue weighted by molar-refractivity contribution is -0.384. The third-order valence-corrected chi connectivity index (χ3v) is 3.37. The zero-order valence-electron chi connectivity index (χ0n) is 11.2. The summed E-state index contributed by atoms with van der Waals surface area (Å²) in [6.45, 7) is 5.74. The first kappa shape index (κ1) is 14.4. The van der Waals surface area contributed by atoms with E-state index in [4.69, 9.17) is 0 Å². The lowest BCUT2D eigenvalue weighted by Crippen LogP contribution is -2.16. The average Bonchev–Trinajstić information content (AvgIpc) is 2.71. The van der Waals surface area contributed by atoms with E-state index in [-0.39, 0.29) is 11.1 Å². The van der Waals surface area contributed by atoms with E-state index in [2.05, 4.69) is 26.0 Å². The minimum absolute atomic E-state index is 0.101. The standard InChI is InChI=1S/C12H13BrN4O3/c1-12(2,3)10-14-11(18)16(15-10)9-6-7(17(19)20)4-5-8(9)13/h4-6H,1-3H3,(H,14,15,18). The summed E-state index contributed by atoms with van der Waals surface area (Å²) in [5.74, 6) is 0.515. The molecule has 0 bridgehead atoms. The van der Waals surface area contributed by atoms with Crippen LogP contribution in [0.5, 0.6) is 0 Å². The number of nitrogens with zero attached hydrogens (tertiary/aromatic N) is 3. The molecular weight excluding hydrogens is 328 g/mol. The van der Waals surface area contributed by atoms with E-state index < -0.39 is 10.6 Å². The number of nitro groups is 1. The van der Waals surface area contributed by atoms with E-state index in [0.29, 0.717) is 16.0 Å². The fraction of sp³-hybridized carbons (Fsp3) is 0.333. The molecule has 0 spiro atoms. The molecule has 2 aromatic rings. The van der Waals surface area contributed by atoms with E-state index in [1.54, 1.807) is 0 Å². The topological polar surface area (TPSA) is 93.8 Å². The van der Waals surface area contributed by atoms with Crippen LogP contribution in [0.2, 0.25) is 0 Å². The maximum atomic E-state index is 12.0. The van der Waals surface area contributed by atoms with E-state index >= 15 is 0 Å². The second kappa shape index (κ2) is 4.86. The first-order valence-electron chi connectivity index (χ1n) is 5.84. The number of H-pyrrole nitrogens is 1. The Hall–Kier alpha value is -1.96. The zero-order chi connectivity index (χ0) is 15.1. The molecule has 0 radical (unpaired) electrons. The van der Waals surface area contributed by atoms with Gasteiger partial charge in [0.1, 0.15) is 5.82 Å². The Labute approximate surface area is 122 Å². The summed E-state index contributed by atoms with van der Waals surface area (Å²) in [6, 6.07) is 4.18. The first-order valence-corrected chi connectivity index (χ1v) is 6.63. The predicted octanol–water partition coefficient (Wildman–Crippen LogP) is 2.53. The molecular formula is C12H13BrN4O3. The Morgan fingerprint density at radius 3 is 2.55 bits per heavy atom. The molecule has 106 valence electrons. The second-order valence-electron chi connectivity index (χ2n) is 5.33. The molecule has 2 rings (SSSR count). The summed E-state index contributed by atoms with van der Waals surface area (Å²) in [5.41, 5.74) is -0.528. The van der Waals surface area contributed by atoms with E-state index in [1.165, 1.54) is 18.2 Å². The molecule has 1 aromatic carbocycles. The molecule has 0 saturated heterocycles. The summed E-state index contributed by atoms with van der Waals surface area (Å²) < 4.78 is 1.68. The van der Waals surface area contributed by atoms with Crippen LogP contribution < -0.4 is 5.69 Å². The van der Waals surface area contributed by atoms with Gasteiger partial charge in [0.05, 0.1) is 10.6 Å². The van der Waals surface area contributed by atoms with Crippen LogP contribution in [0.1, 0.15) is 26.6 Å². The van der Waals surface area contributed by atoms with Crippen molar-refractivity contribution in [2.75, 3.05) is 0 Å². The summed E-state index contributed by atoms with van der Waals surface area (Å²) in [7, 11) is 0. The number of nitrogens with one attached hydrogen (secondary N) is 1. The number of hydrogen-bond donors (Lipinski definition) is 1. The molecule has 0 aliphatic rings. The van der Waals surface area contributed by atoms with Crippen molar-refractivity contribution in [2.24, 2.45) is 0 Å². The van der Waals surface area contributed by atoms with Crippen molar-refractivity contribution in [3.63, 3.8) is 0 Å². The highest BCUT2D eigenvalue weighted by Crippen LogP contribution is 2.25. The van der Waals surface area contributed by atoms with Gasteiger partial charge in [-0.05, 0) is 22.0 Å². The number of rotatable bonds is 2. The number of aromatic amines is 1. The SMILES string of the molecule is CC(C)(C)c1nn(-c2cc([N+](=O)[O-])ccc2Br)c(=O)[nH]1. The largest absolute Gasteiger partial charge is 0.348 e. The highest BCUT2D eigenvalue weighted by molar-refractivity contribution is 9.10. The van der Waals surface area contributed by atoms with Gasteiger partial charge in [0, 0.05) is 22.0 Å². The highest BCUT2D eigenvalue weighted by atomic mass is 79.9. The lowest BCUT2D eigenvalue weighted by Gasteiger charge is -2.13. The molecule has 1 aromatic heterocycles. The number of halogens is 1. The Bertz CT molecular complexity index is 727. The van der Waals surface area contributed by atoms with E-state index in [9.17, 15) is 14.9 Å². The summed E-state index contributed by atoms with van der Waals surface area (Å²) in [4.78, 5) is 24.9. The van der Waals surface area contributed by atoms with Crippen molar-refractivity contribution < 1.29 is 4.92 Å². The minimum atomic E-state index is -0.516. The molecule has 8 heteroatoms. The van der Waals surface area contributed by atoms with E-state index in [0.717, 1.165) is 4.68 Å². The van der Waals surface area contributed by atoms with Gasteiger partial charge in [-0.25, -0.2) is 4.79 Å². The van der Waals surface area contributed by atoms with Crippen LogP contribution in [0.15, 0.2) is 27.5 Å². The van der Waals surface area contributed by atoms with Gasteiger partial charge >= 0.3 is 5.69 Å². The van der Waals surface area contributed by atoms with Gasteiger partial charge in [-0.3, -0.25) is 15.1 Å². The van der Waals surface area contributed by atoms with Crippen molar-refractivity contribution >= 4 is 21.6 Å². The number of hydrogen-bond acceptors (Lipinski definition) is 4. The average molecular weight is 341 g/mol. The van der Waals surface area contributed by atoms with Crippen LogP contribution in [0.4, 0.5) is 5.69 Å². The van der Waals surface area contributed by atoms with Crippen LogP contribution in [-0.4, -0.2) is 19.7 Å². The molecule has 0 aliphatic carbocycles. The third kappa shape index (κ3) is 2.64. The number of non-ortho nitro benzene ring substituents is 1. The smallest absolute Gasteiger partial charge is 0.292 e. The van der Waals surface area contributed by atoms with Gasteiger partial charge in [-0.2, -0.15) is 4.68 Å². The van der Waals surface area contributed by atoms with Crippen LogP contribution in [0.25, 0.3) is 5.69 Å². The Morgan fingerprint density at radius 1 is 1.40 bits per heavy atom. The number of benzene rings is 1. The van der Waals surface area contributed by atoms with Crippen molar-refractivity contribution in [1.82, 2.24) is 14.8 Å². The quantitative estimate of drug-likeness (QED) is 0.671. The maximum Gasteiger partial charge on any atom is 0.348 e. The Morgan fingerprint density at radius 2 is 2.05 bits per heavy atom. The van der Waals surface area contributed by atoms with Gasteiger partial charge in [0.25, 0.3) is 5.69 Å². The third-order valence-electron chi connectivity index (χ3n) is 2.70. The van der Waals surface area contributed by atoms with Crippen LogP contribution in [0.3, 0.4) is 0 Å². The van der Waals surface area contributed by atoms with Crippen molar-refractivity contribution in [3.05, 3.63) is 49.1 Å². The normalized spacial score (nSPS) is 11.6. The minimum Gasteiger partial charge on any atom is -0.292 e. The number of aromatic nitrogens is 3. The van der Waals surface area contributed by atoms with Crippen LogP contribution >= 0.6 is 15.9 Å². The van der Waals surface area contributed by atoms with E-state index in [1.807, 2.05) is 20.8 Å². The summed E-state index contributed by atoms with van der Waals surface area (Å²) in [6.07, 6.45) is 0. The monoisotopic (exact) mass is 340 g/mol. The molecule has 0 atom stereocenters. The fourth-order valence-electron chi connectivity index (χ4n) is 1.60. The molecule has 0 unspecified atom stereocenters. The molecule has 0 fully saturated rings. The molecule has 7 nitrogen and oxygen atoms in total. The van der Waals surface area contributed by atoms with Crippen molar-refractivity contribution in [1.29, 1.82) is 0 Å². The van der Waals surface area contributed by atoms with Gasteiger partial charge in [0.15, 0.2) is 0 Å². The number of nitro benzene ring substituents is 1. The first-order chi connectivity index (χ1) is 9.20. The van der Waals surface area contributed by atoms with Crippen LogP contribution in [-0.2, 0) is 5.41 Å². The van der Waals surface area contributed by atoms with Crippen molar-refractivity contribution in [2.45, 2.75) is 26.2 Å². The highest BCUT2D eigenvalue weighted by Gasteiger charge is 2.21. The fourth-order valence-corrected chi connectivity index (χ4v) is 2.02. The molecule has 1 N–H and O–H groups in total. The van der Waals surface area contributed by atoms with Gasteiger partial charge in [0.2, 0.25) is 0 Å². The molecule has 0 amide bonds. The molecule has 0 saturated carbocycles. The van der Waals surface area contributed by atoms with Gasteiger partial charge < -0.3 is 0 Å². The predicted molar refractivity (Wildman–Crippen MR) is 77.2 cm³/mol. The van der Waals surface area contributed by atoms with Crippen molar-refractivity contribution in [3.8, 4) is 5.69 Å². The molecule has 1 heterocycles. The zero-order valence-corrected chi connectivity index (χ0v) is 12.8. The van der Waals surface area contributed by atoms with Gasteiger partial charge in [-0.1, -0.05) is 20.8 Å². The summed E-state index contributed by atoms with van der Waals surface area (Å²) in [5, 5.41) is 15.0. The molecule has 20 heavy (non-hydrogen) atoms. The second-order valence-corrected chi connectivity index (χ2v) is 6.19. The Kier molecular flexibility index (Phi) is 3.51. The maximum absolute atomic E-state index is 12.0. The summed E-state index contributed by atoms with van der Waals surface area (Å²) >= 11 is 3.27. The van der Waals surface area contributed by atoms with Gasteiger partial charge in [-0.15, -0.1) is 5.10 Å². The molecule has 0 aliphatic heterocycles.